The van der Waals surface area contributed by atoms with Gasteiger partial charge >= 0.3 is 0 Å². The van der Waals surface area contributed by atoms with Crippen LogP contribution < -0.4 is 5.73 Å². The molecule has 19 heavy (non-hydrogen) atoms. The molecule has 2 unspecified atom stereocenters. The highest BCUT2D eigenvalue weighted by Gasteiger charge is 2.38. The molecule has 102 valence electrons. The van der Waals surface area contributed by atoms with Crippen molar-refractivity contribution in [2.45, 2.75) is 45.1 Å². The number of aryl methyl sites for hydroxylation is 1. The number of anilines is 1. The van der Waals surface area contributed by atoms with Gasteiger partial charge in [-0.2, -0.15) is 0 Å². The Morgan fingerprint density at radius 3 is 2.84 bits per heavy atom. The zero-order chi connectivity index (χ0) is 13.4. The minimum absolute atomic E-state index is 0.146. The summed E-state index contributed by atoms with van der Waals surface area (Å²) in [6.45, 7) is 2.87. The molecular formula is C16H22N2O. The number of piperidine rings is 1. The average Bonchev–Trinajstić information content (AvgIpc) is 2.86. The summed E-state index contributed by atoms with van der Waals surface area (Å²) in [6.07, 6.45) is 6.15. The van der Waals surface area contributed by atoms with Gasteiger partial charge in [0.25, 0.3) is 5.91 Å². The third-order valence-electron chi connectivity index (χ3n) is 4.77. The monoisotopic (exact) mass is 258 g/mol. The van der Waals surface area contributed by atoms with E-state index in [0.29, 0.717) is 11.7 Å². The predicted molar refractivity (Wildman–Crippen MR) is 77.0 cm³/mol. The van der Waals surface area contributed by atoms with Crippen LogP contribution in [0, 0.1) is 12.8 Å². The molecule has 1 saturated heterocycles. The summed E-state index contributed by atoms with van der Waals surface area (Å²) in [5.74, 6) is 0.871. The van der Waals surface area contributed by atoms with Crippen LogP contribution in [-0.2, 0) is 0 Å². The number of fused-ring (bicyclic) bond motifs is 1. The quantitative estimate of drug-likeness (QED) is 0.787. The van der Waals surface area contributed by atoms with Crippen molar-refractivity contribution >= 4 is 11.6 Å². The standard InChI is InChI=1S/C16H22N2O/c1-11-5-2-8-13(17)15(11)16(19)18-10-4-7-12-6-3-9-14(12)18/h2,5,8,12,14H,3-4,6-7,9-10,17H2,1H3. The van der Waals surface area contributed by atoms with E-state index in [0.717, 1.165) is 30.0 Å². The van der Waals surface area contributed by atoms with Crippen molar-refractivity contribution in [3.63, 3.8) is 0 Å². The van der Waals surface area contributed by atoms with E-state index in [4.69, 9.17) is 5.73 Å². The zero-order valence-corrected chi connectivity index (χ0v) is 11.6. The highest BCUT2D eigenvalue weighted by atomic mass is 16.2. The van der Waals surface area contributed by atoms with Crippen LogP contribution in [0.4, 0.5) is 5.69 Å². The Morgan fingerprint density at radius 1 is 1.26 bits per heavy atom. The second-order valence-electron chi connectivity index (χ2n) is 5.94. The molecule has 1 aromatic rings. The first-order valence-electron chi connectivity index (χ1n) is 7.34. The summed E-state index contributed by atoms with van der Waals surface area (Å²) >= 11 is 0. The third kappa shape index (κ3) is 2.11. The van der Waals surface area contributed by atoms with Crippen LogP contribution in [0.25, 0.3) is 0 Å². The first kappa shape index (κ1) is 12.5. The topological polar surface area (TPSA) is 46.3 Å². The Morgan fingerprint density at radius 2 is 2.05 bits per heavy atom. The molecule has 0 spiro atoms. The predicted octanol–water partition coefficient (Wildman–Crippen LogP) is 2.98. The molecule has 1 heterocycles. The van der Waals surface area contributed by atoms with E-state index >= 15 is 0 Å². The molecule has 3 heteroatoms. The summed E-state index contributed by atoms with van der Waals surface area (Å²) in [4.78, 5) is 14.9. The van der Waals surface area contributed by atoms with Crippen LogP contribution >= 0.6 is 0 Å². The van der Waals surface area contributed by atoms with Gasteiger partial charge in [-0.1, -0.05) is 18.6 Å². The van der Waals surface area contributed by atoms with E-state index in [2.05, 4.69) is 4.90 Å². The second-order valence-corrected chi connectivity index (χ2v) is 5.94. The van der Waals surface area contributed by atoms with Gasteiger partial charge in [-0.15, -0.1) is 0 Å². The molecule has 2 aliphatic rings. The molecule has 0 bridgehead atoms. The minimum atomic E-state index is 0.146. The van der Waals surface area contributed by atoms with E-state index in [9.17, 15) is 4.79 Å². The molecule has 1 amide bonds. The maximum absolute atomic E-state index is 12.8. The van der Waals surface area contributed by atoms with Gasteiger partial charge in [0.2, 0.25) is 0 Å². The highest BCUT2D eigenvalue weighted by molar-refractivity contribution is 6.00. The molecule has 1 aliphatic heterocycles. The van der Waals surface area contributed by atoms with Crippen molar-refractivity contribution in [1.82, 2.24) is 4.90 Å². The van der Waals surface area contributed by atoms with Gasteiger partial charge in [-0.05, 0) is 50.2 Å². The van der Waals surface area contributed by atoms with Gasteiger partial charge < -0.3 is 10.6 Å². The molecule has 3 rings (SSSR count). The van der Waals surface area contributed by atoms with E-state index in [1.807, 2.05) is 25.1 Å². The van der Waals surface area contributed by atoms with E-state index in [1.165, 1.54) is 25.7 Å². The molecule has 2 fully saturated rings. The first-order valence-corrected chi connectivity index (χ1v) is 7.34. The van der Waals surface area contributed by atoms with Crippen molar-refractivity contribution in [2.75, 3.05) is 12.3 Å². The number of nitrogens with zero attached hydrogens (tertiary/aromatic N) is 1. The van der Waals surface area contributed by atoms with Gasteiger partial charge in [0.1, 0.15) is 0 Å². The van der Waals surface area contributed by atoms with Crippen LogP contribution in [0.3, 0.4) is 0 Å². The molecule has 0 radical (unpaired) electrons. The fourth-order valence-corrected chi connectivity index (χ4v) is 3.83. The molecule has 1 aromatic carbocycles. The number of benzene rings is 1. The van der Waals surface area contributed by atoms with Gasteiger partial charge in [-0.25, -0.2) is 0 Å². The second kappa shape index (κ2) is 4.87. The number of nitrogen functional groups attached to an aromatic ring is 1. The van der Waals surface area contributed by atoms with Gasteiger partial charge in [0, 0.05) is 18.3 Å². The Balaban J connectivity index is 1.91. The SMILES string of the molecule is Cc1cccc(N)c1C(=O)N1CCCC2CCCC21. The maximum Gasteiger partial charge on any atom is 0.256 e. The molecule has 1 saturated carbocycles. The van der Waals surface area contributed by atoms with E-state index < -0.39 is 0 Å². The largest absolute Gasteiger partial charge is 0.398 e. The Kier molecular flexibility index (Phi) is 3.21. The van der Waals surface area contributed by atoms with Crippen LogP contribution in [0.15, 0.2) is 18.2 Å². The smallest absolute Gasteiger partial charge is 0.256 e. The van der Waals surface area contributed by atoms with Crippen molar-refractivity contribution in [2.24, 2.45) is 5.92 Å². The number of carbonyl (C=O) groups excluding carboxylic acids is 1. The lowest BCUT2D eigenvalue weighted by molar-refractivity contribution is 0.0548. The fraction of sp³-hybridized carbons (Fsp3) is 0.562. The molecule has 2 N–H and O–H groups in total. The van der Waals surface area contributed by atoms with Crippen molar-refractivity contribution < 1.29 is 4.79 Å². The zero-order valence-electron chi connectivity index (χ0n) is 11.6. The summed E-state index contributed by atoms with van der Waals surface area (Å²) in [7, 11) is 0. The number of nitrogens with two attached hydrogens (primary N) is 1. The van der Waals surface area contributed by atoms with Crippen LogP contribution in [0.1, 0.15) is 48.0 Å². The van der Waals surface area contributed by atoms with Crippen molar-refractivity contribution in [1.29, 1.82) is 0 Å². The molecular weight excluding hydrogens is 236 g/mol. The van der Waals surface area contributed by atoms with Crippen molar-refractivity contribution in [3.8, 4) is 0 Å². The van der Waals surface area contributed by atoms with Crippen LogP contribution in [0.5, 0.6) is 0 Å². The summed E-state index contributed by atoms with van der Waals surface area (Å²) in [5.41, 5.74) is 8.34. The summed E-state index contributed by atoms with van der Waals surface area (Å²) in [6, 6.07) is 6.17. The number of rotatable bonds is 1. The Hall–Kier alpha value is -1.51. The van der Waals surface area contributed by atoms with E-state index in [-0.39, 0.29) is 5.91 Å². The van der Waals surface area contributed by atoms with Crippen LogP contribution in [-0.4, -0.2) is 23.4 Å². The maximum atomic E-state index is 12.8. The highest BCUT2D eigenvalue weighted by Crippen LogP contribution is 2.38. The Labute approximate surface area is 114 Å². The number of hydrogen-bond acceptors (Lipinski definition) is 2. The summed E-state index contributed by atoms with van der Waals surface area (Å²) in [5, 5.41) is 0. The Bertz CT molecular complexity index is 477. The summed E-state index contributed by atoms with van der Waals surface area (Å²) < 4.78 is 0. The fourth-order valence-electron chi connectivity index (χ4n) is 3.83. The third-order valence-corrected chi connectivity index (χ3v) is 4.77. The van der Waals surface area contributed by atoms with Gasteiger partial charge in [0.05, 0.1) is 5.56 Å². The lowest BCUT2D eigenvalue weighted by Gasteiger charge is -2.38. The number of hydrogen-bond donors (Lipinski definition) is 1. The molecule has 3 nitrogen and oxygen atoms in total. The van der Waals surface area contributed by atoms with Crippen molar-refractivity contribution in [3.05, 3.63) is 29.3 Å². The molecule has 1 aliphatic carbocycles. The lowest BCUT2D eigenvalue weighted by atomic mass is 9.91. The van der Waals surface area contributed by atoms with Gasteiger partial charge in [-0.3, -0.25) is 4.79 Å². The number of likely N-dealkylation sites (tertiary alicyclic amines) is 1. The normalized spacial score (nSPS) is 26.3. The average molecular weight is 258 g/mol. The molecule has 2 atom stereocenters. The lowest BCUT2D eigenvalue weighted by Crippen LogP contribution is -2.46. The molecule has 0 aromatic heterocycles. The van der Waals surface area contributed by atoms with E-state index in [1.54, 1.807) is 0 Å². The van der Waals surface area contributed by atoms with Crippen LogP contribution in [0.2, 0.25) is 0 Å². The minimum Gasteiger partial charge on any atom is -0.398 e. The number of carbonyl (C=O) groups is 1. The number of amides is 1. The van der Waals surface area contributed by atoms with Gasteiger partial charge in [0.15, 0.2) is 0 Å². The first-order chi connectivity index (χ1) is 9.18.